The van der Waals surface area contributed by atoms with Crippen molar-refractivity contribution in [3.63, 3.8) is 0 Å². The Morgan fingerprint density at radius 1 is 1.13 bits per heavy atom. The molecule has 0 spiro atoms. The van der Waals surface area contributed by atoms with Crippen molar-refractivity contribution in [2.24, 2.45) is 5.73 Å². The minimum absolute atomic E-state index is 0.0882. The van der Waals surface area contributed by atoms with E-state index in [9.17, 15) is 14.1 Å². The highest BCUT2D eigenvalue weighted by atomic mass is 32.2. The summed E-state index contributed by atoms with van der Waals surface area (Å²) in [6, 6.07) is 12.1. The predicted molar refractivity (Wildman–Crippen MR) is 86.1 cm³/mol. The molecule has 2 rings (SSSR count). The van der Waals surface area contributed by atoms with E-state index >= 15 is 0 Å². The lowest BCUT2D eigenvalue weighted by Gasteiger charge is -2.12. The van der Waals surface area contributed by atoms with Crippen molar-refractivity contribution in [3.8, 4) is 5.75 Å². The van der Waals surface area contributed by atoms with E-state index in [4.69, 9.17) is 10.8 Å². The smallest absolute Gasteiger partial charge is 0.253 e. The summed E-state index contributed by atoms with van der Waals surface area (Å²) in [5.41, 5.74) is 5.86. The first-order valence-electron chi connectivity index (χ1n) is 6.60. The first-order chi connectivity index (χ1) is 11.0. The molecular formula is C15H15N3O4S. The lowest BCUT2D eigenvalue weighted by molar-refractivity contribution is -0.115. The number of hydrogen-bond acceptors (Lipinski definition) is 5. The van der Waals surface area contributed by atoms with Crippen LogP contribution in [0.5, 0.6) is 5.75 Å². The Morgan fingerprint density at radius 3 is 2.43 bits per heavy atom. The molecule has 0 aromatic heterocycles. The quantitative estimate of drug-likeness (QED) is 0.458. The highest BCUT2D eigenvalue weighted by Gasteiger charge is 2.20. The van der Waals surface area contributed by atoms with Crippen LogP contribution >= 0.6 is 0 Å². The Kier molecular flexibility index (Phi) is 5.58. The van der Waals surface area contributed by atoms with Crippen molar-refractivity contribution in [2.75, 3.05) is 11.9 Å². The third kappa shape index (κ3) is 4.71. The first-order valence-corrected chi connectivity index (χ1v) is 7.75. The van der Waals surface area contributed by atoms with Crippen molar-refractivity contribution >= 4 is 28.9 Å². The molecule has 0 aliphatic heterocycles. The maximum atomic E-state index is 12.2. The zero-order chi connectivity index (χ0) is 16.8. The fraction of sp³-hybridized carbons (Fsp3) is 0.0667. The molecule has 0 fully saturated rings. The van der Waals surface area contributed by atoms with Crippen LogP contribution in [0.4, 0.5) is 5.69 Å². The van der Waals surface area contributed by atoms with Crippen LogP contribution in [-0.2, 0) is 16.2 Å². The lowest BCUT2D eigenvalue weighted by atomic mass is 10.2. The number of amides is 2. The molecule has 5 N–H and O–H groups in total. The Bertz CT molecular complexity index is 706. The molecule has 0 saturated heterocycles. The van der Waals surface area contributed by atoms with E-state index in [1.807, 2.05) is 0 Å². The Hall–Kier alpha value is -2.55. The number of aromatic hydroxyl groups is 1. The summed E-state index contributed by atoms with van der Waals surface area (Å²) in [7, 11) is 0. The molecule has 8 heteroatoms. The number of rotatable bonds is 6. The van der Waals surface area contributed by atoms with Gasteiger partial charge in [0.15, 0.2) is 4.90 Å². The number of carbonyl (C=O) groups is 2. The van der Waals surface area contributed by atoms with Gasteiger partial charge in [0, 0.05) is 5.69 Å². The zero-order valence-corrected chi connectivity index (χ0v) is 12.8. The third-order valence-electron chi connectivity index (χ3n) is 2.87. The molecule has 23 heavy (non-hydrogen) atoms. The average molecular weight is 333 g/mol. The van der Waals surface area contributed by atoms with E-state index in [-0.39, 0.29) is 22.8 Å². The van der Waals surface area contributed by atoms with Crippen LogP contribution in [0.3, 0.4) is 0 Å². The molecule has 2 aromatic carbocycles. The summed E-state index contributed by atoms with van der Waals surface area (Å²) in [5.74, 6) is -1.02. The van der Waals surface area contributed by atoms with Crippen molar-refractivity contribution < 1.29 is 19.2 Å². The summed E-state index contributed by atoms with van der Waals surface area (Å²) in [5, 5.41) is 11.7. The molecule has 7 nitrogen and oxygen atoms in total. The Morgan fingerprint density at radius 2 is 1.78 bits per heavy atom. The largest absolute Gasteiger partial charge is 0.593 e. The number of hydrogen-bond donors (Lipinski definition) is 4. The molecule has 0 aliphatic carbocycles. The van der Waals surface area contributed by atoms with Crippen LogP contribution < -0.4 is 15.8 Å². The normalized spacial score (nSPS) is 11.7. The minimum atomic E-state index is -1.75. The molecule has 2 amide bonds. The Labute approximate surface area is 135 Å². The second-order valence-electron chi connectivity index (χ2n) is 4.55. The summed E-state index contributed by atoms with van der Waals surface area (Å²) in [4.78, 5) is 23.3. The van der Waals surface area contributed by atoms with E-state index in [1.165, 1.54) is 36.4 Å². The number of nitrogens with one attached hydrogen (secondary N) is 2. The summed E-state index contributed by atoms with van der Waals surface area (Å²) in [6.07, 6.45) is 0. The van der Waals surface area contributed by atoms with Crippen molar-refractivity contribution in [3.05, 3.63) is 54.1 Å². The van der Waals surface area contributed by atoms with Gasteiger partial charge in [-0.05, 0) is 36.4 Å². The maximum Gasteiger partial charge on any atom is 0.253 e. The second-order valence-corrected chi connectivity index (χ2v) is 5.81. The topological polar surface area (TPSA) is 128 Å². The summed E-state index contributed by atoms with van der Waals surface area (Å²) < 4.78 is 14.7. The SMILES string of the molecule is NC(=O)c1ccccc1[S+]([O-])NCC(=O)Nc1ccc(O)cc1. The van der Waals surface area contributed by atoms with E-state index in [0.29, 0.717) is 5.69 Å². The van der Waals surface area contributed by atoms with Gasteiger partial charge in [-0.1, -0.05) is 12.1 Å². The number of nitrogens with two attached hydrogens (primary N) is 1. The highest BCUT2D eigenvalue weighted by molar-refractivity contribution is 7.89. The molecule has 1 unspecified atom stereocenters. The molecule has 0 aliphatic rings. The molecule has 120 valence electrons. The van der Waals surface area contributed by atoms with E-state index in [0.717, 1.165) is 0 Å². The van der Waals surface area contributed by atoms with E-state index in [1.54, 1.807) is 12.1 Å². The maximum absolute atomic E-state index is 12.2. The average Bonchev–Trinajstić information content (AvgIpc) is 2.54. The predicted octanol–water partition coefficient (Wildman–Crippen LogP) is 0.742. The molecule has 0 heterocycles. The molecular weight excluding hydrogens is 318 g/mol. The first kappa shape index (κ1) is 16.8. The van der Waals surface area contributed by atoms with Crippen LogP contribution in [0.15, 0.2) is 53.4 Å². The monoisotopic (exact) mass is 333 g/mol. The number of phenols is 1. The van der Waals surface area contributed by atoms with Gasteiger partial charge in [0.2, 0.25) is 5.91 Å². The van der Waals surface area contributed by atoms with Crippen molar-refractivity contribution in [1.29, 1.82) is 0 Å². The van der Waals surface area contributed by atoms with Gasteiger partial charge < -0.3 is 20.7 Å². The Balaban J connectivity index is 1.94. The van der Waals surface area contributed by atoms with Gasteiger partial charge in [0.25, 0.3) is 5.91 Å². The van der Waals surface area contributed by atoms with Gasteiger partial charge >= 0.3 is 0 Å². The lowest BCUT2D eigenvalue weighted by Crippen LogP contribution is -2.34. The van der Waals surface area contributed by atoms with Gasteiger partial charge in [0.05, 0.1) is 16.9 Å². The number of phenolic OH excluding ortho intramolecular Hbond substituents is 1. The van der Waals surface area contributed by atoms with E-state index in [2.05, 4.69) is 10.0 Å². The fourth-order valence-electron chi connectivity index (χ4n) is 1.79. The summed E-state index contributed by atoms with van der Waals surface area (Å²) >= 11 is -1.75. The standard InChI is InChI=1S/C15H15N3O4S/c16-15(21)12-3-1-2-4-13(12)23(22)17-9-14(20)18-10-5-7-11(19)8-6-10/h1-8,17,19H,9H2,(H2,16,21)(H,18,20). The van der Waals surface area contributed by atoms with Crippen LogP contribution in [0.1, 0.15) is 10.4 Å². The summed E-state index contributed by atoms with van der Waals surface area (Å²) in [6.45, 7) is -0.222. The van der Waals surface area contributed by atoms with Crippen LogP contribution in [0.25, 0.3) is 0 Å². The number of benzene rings is 2. The molecule has 1 atom stereocenters. The van der Waals surface area contributed by atoms with Crippen LogP contribution in [-0.4, -0.2) is 28.0 Å². The van der Waals surface area contributed by atoms with Gasteiger partial charge in [-0.15, -0.1) is 4.72 Å². The fourth-order valence-corrected chi connectivity index (χ4v) is 2.78. The zero-order valence-electron chi connectivity index (χ0n) is 12.0. The minimum Gasteiger partial charge on any atom is -0.593 e. The molecule has 2 aromatic rings. The molecule has 0 bridgehead atoms. The third-order valence-corrected chi connectivity index (χ3v) is 4.03. The van der Waals surface area contributed by atoms with Gasteiger partial charge in [0.1, 0.15) is 12.3 Å². The van der Waals surface area contributed by atoms with Crippen molar-refractivity contribution in [2.45, 2.75) is 4.90 Å². The number of carbonyl (C=O) groups excluding carboxylic acids is 2. The highest BCUT2D eigenvalue weighted by Crippen LogP contribution is 2.15. The van der Waals surface area contributed by atoms with Crippen molar-refractivity contribution in [1.82, 2.24) is 4.72 Å². The van der Waals surface area contributed by atoms with Gasteiger partial charge in [-0.3, -0.25) is 9.59 Å². The van der Waals surface area contributed by atoms with Crippen LogP contribution in [0.2, 0.25) is 0 Å². The number of anilines is 1. The second kappa shape index (κ2) is 7.63. The number of primary amides is 1. The van der Waals surface area contributed by atoms with Gasteiger partial charge in [-0.2, -0.15) is 0 Å². The molecule has 0 saturated carbocycles. The van der Waals surface area contributed by atoms with Crippen LogP contribution in [0, 0.1) is 0 Å². The molecule has 0 radical (unpaired) electrons. The van der Waals surface area contributed by atoms with E-state index < -0.39 is 23.2 Å². The van der Waals surface area contributed by atoms with Gasteiger partial charge in [-0.25, -0.2) is 0 Å².